The molecule has 3 aromatic rings. The highest BCUT2D eigenvalue weighted by Gasteiger charge is 2.28. The molecule has 1 aliphatic rings. The molecule has 184 valence electrons. The third kappa shape index (κ3) is 5.76. The van der Waals surface area contributed by atoms with E-state index in [4.69, 9.17) is 16.6 Å². The van der Waals surface area contributed by atoms with Crippen molar-refractivity contribution < 1.29 is 19.1 Å². The van der Waals surface area contributed by atoms with Gasteiger partial charge in [0.15, 0.2) is 0 Å². The number of aromatic nitrogens is 1. The lowest BCUT2D eigenvalue weighted by Crippen LogP contribution is -2.31. The number of amides is 1. The van der Waals surface area contributed by atoms with Gasteiger partial charge in [-0.2, -0.15) is 0 Å². The number of fused-ring (bicyclic) bond motifs is 1. The number of carboxylic acids is 1. The summed E-state index contributed by atoms with van der Waals surface area (Å²) in [6, 6.07) is 12.8. The summed E-state index contributed by atoms with van der Waals surface area (Å²) in [6.07, 6.45) is -0.193. The maximum Gasteiger partial charge on any atom is 0.303 e. The number of pyridine rings is 1. The van der Waals surface area contributed by atoms with E-state index in [1.807, 2.05) is 48.2 Å². The average molecular weight is 563 g/mol. The van der Waals surface area contributed by atoms with Crippen LogP contribution in [0.1, 0.15) is 46.7 Å². The molecule has 1 aromatic heterocycles. The number of rotatable bonds is 8. The van der Waals surface area contributed by atoms with Crippen LogP contribution >= 0.6 is 27.5 Å². The molecule has 2 aromatic carbocycles. The number of carbonyl (C=O) groups is 2. The maximum atomic E-state index is 13.9. The van der Waals surface area contributed by atoms with Gasteiger partial charge in [-0.3, -0.25) is 9.59 Å². The fraction of sp³-hybridized carbons (Fsp3) is 0.346. The molecule has 9 heteroatoms. The standard InChI is InChI=1S/C26H26BrClFN3O3/c1-15-24(20-12-17(27)7-8-22(20)31-25(15)32-11-10-18(29)14-32)26(35)30-13-16(6-9-23(33)34)19-4-2-3-5-21(19)28/h2-5,7-8,12,16,18H,6,9-11,13-14H2,1H3,(H,30,35)(H,33,34)/t16-,18-/m1/s1. The Balaban J connectivity index is 1.67. The number of halogens is 3. The summed E-state index contributed by atoms with van der Waals surface area (Å²) in [7, 11) is 0. The van der Waals surface area contributed by atoms with Crippen LogP contribution in [0.5, 0.6) is 0 Å². The SMILES string of the molecule is Cc1c(N2CC[C@@H](F)C2)nc2ccc(Br)cc2c1C(=O)NC[C@@H](CCC(=O)O)c1ccccc1Cl. The molecule has 4 rings (SSSR count). The molecule has 1 fully saturated rings. The third-order valence-corrected chi connectivity index (χ3v) is 7.22. The van der Waals surface area contributed by atoms with Gasteiger partial charge >= 0.3 is 5.97 Å². The van der Waals surface area contributed by atoms with Gasteiger partial charge < -0.3 is 15.3 Å². The fourth-order valence-corrected chi connectivity index (χ4v) is 5.26. The van der Waals surface area contributed by atoms with Crippen molar-refractivity contribution in [3.63, 3.8) is 0 Å². The maximum absolute atomic E-state index is 13.9. The minimum absolute atomic E-state index is 0.0422. The monoisotopic (exact) mass is 561 g/mol. The van der Waals surface area contributed by atoms with Gasteiger partial charge in [0.1, 0.15) is 12.0 Å². The van der Waals surface area contributed by atoms with Crippen LogP contribution in [0, 0.1) is 6.92 Å². The van der Waals surface area contributed by atoms with E-state index in [9.17, 15) is 19.1 Å². The van der Waals surface area contributed by atoms with Crippen molar-refractivity contribution in [1.82, 2.24) is 10.3 Å². The third-order valence-electron chi connectivity index (χ3n) is 6.38. The van der Waals surface area contributed by atoms with Crippen molar-refractivity contribution in [2.24, 2.45) is 0 Å². The molecule has 0 saturated carbocycles. The molecule has 0 unspecified atom stereocenters. The first-order valence-corrected chi connectivity index (χ1v) is 12.6. The van der Waals surface area contributed by atoms with Crippen molar-refractivity contribution in [1.29, 1.82) is 0 Å². The van der Waals surface area contributed by atoms with Gasteiger partial charge in [-0.05, 0) is 49.6 Å². The Morgan fingerprint density at radius 3 is 2.77 bits per heavy atom. The Kier molecular flexibility index (Phi) is 7.91. The summed E-state index contributed by atoms with van der Waals surface area (Å²) in [5.74, 6) is -0.860. The van der Waals surface area contributed by atoms with Gasteiger partial charge in [0.2, 0.25) is 0 Å². The van der Waals surface area contributed by atoms with Crippen molar-refractivity contribution in [3.05, 3.63) is 68.7 Å². The topological polar surface area (TPSA) is 82.5 Å². The van der Waals surface area contributed by atoms with Gasteiger partial charge in [-0.1, -0.05) is 45.7 Å². The van der Waals surface area contributed by atoms with E-state index in [1.165, 1.54) is 0 Å². The summed E-state index contributed by atoms with van der Waals surface area (Å²) in [5.41, 5.74) is 2.60. The minimum atomic E-state index is -0.917. The zero-order valence-corrected chi connectivity index (χ0v) is 21.6. The molecule has 1 saturated heterocycles. The predicted molar refractivity (Wildman–Crippen MR) is 139 cm³/mol. The number of anilines is 1. The van der Waals surface area contributed by atoms with E-state index in [2.05, 4.69) is 21.2 Å². The second-order valence-electron chi connectivity index (χ2n) is 8.79. The van der Waals surface area contributed by atoms with E-state index >= 15 is 0 Å². The molecular formula is C26H26BrClFN3O3. The number of aliphatic carboxylic acids is 1. The molecule has 2 atom stereocenters. The fourth-order valence-electron chi connectivity index (χ4n) is 4.60. The first kappa shape index (κ1) is 25.4. The van der Waals surface area contributed by atoms with Crippen LogP contribution in [0.25, 0.3) is 10.9 Å². The van der Waals surface area contributed by atoms with Crippen molar-refractivity contribution >= 4 is 56.1 Å². The van der Waals surface area contributed by atoms with Gasteiger partial charge in [0.05, 0.1) is 17.6 Å². The Bertz CT molecular complexity index is 1270. The summed E-state index contributed by atoms with van der Waals surface area (Å²) in [5, 5.41) is 13.4. The zero-order valence-electron chi connectivity index (χ0n) is 19.2. The van der Waals surface area contributed by atoms with E-state index in [0.29, 0.717) is 52.3 Å². The number of benzene rings is 2. The van der Waals surface area contributed by atoms with Crippen LogP contribution in [-0.2, 0) is 4.79 Å². The first-order valence-electron chi connectivity index (χ1n) is 11.5. The van der Waals surface area contributed by atoms with Gasteiger partial charge in [0.25, 0.3) is 5.91 Å². The van der Waals surface area contributed by atoms with Crippen LogP contribution in [0.3, 0.4) is 0 Å². The number of hydrogen-bond acceptors (Lipinski definition) is 4. The number of hydrogen-bond donors (Lipinski definition) is 2. The summed E-state index contributed by atoms with van der Waals surface area (Å²) in [4.78, 5) is 31.5. The molecule has 0 spiro atoms. The van der Waals surface area contributed by atoms with E-state index in [-0.39, 0.29) is 31.3 Å². The largest absolute Gasteiger partial charge is 0.481 e. The van der Waals surface area contributed by atoms with Crippen molar-refractivity contribution in [2.75, 3.05) is 24.5 Å². The van der Waals surface area contributed by atoms with Crippen LogP contribution in [-0.4, -0.2) is 47.8 Å². The second-order valence-corrected chi connectivity index (χ2v) is 10.1. The first-order chi connectivity index (χ1) is 16.7. The number of nitrogens with zero attached hydrogens (tertiary/aromatic N) is 2. The smallest absolute Gasteiger partial charge is 0.303 e. The number of carboxylic acid groups (broad SMARTS) is 1. The summed E-state index contributed by atoms with van der Waals surface area (Å²) >= 11 is 9.86. The molecule has 2 N–H and O–H groups in total. The Hall–Kier alpha value is -2.71. The van der Waals surface area contributed by atoms with Gasteiger partial charge in [-0.25, -0.2) is 9.37 Å². The molecule has 6 nitrogen and oxygen atoms in total. The van der Waals surface area contributed by atoms with E-state index < -0.39 is 12.1 Å². The Morgan fingerprint density at radius 1 is 1.31 bits per heavy atom. The summed E-state index contributed by atoms with van der Waals surface area (Å²) in [6.45, 7) is 2.85. The molecule has 35 heavy (non-hydrogen) atoms. The predicted octanol–water partition coefficient (Wildman–Crippen LogP) is 5.89. The zero-order chi connectivity index (χ0) is 25.1. The minimum Gasteiger partial charge on any atom is -0.481 e. The molecule has 0 bridgehead atoms. The average Bonchev–Trinajstić information content (AvgIpc) is 3.25. The van der Waals surface area contributed by atoms with Gasteiger partial charge in [-0.15, -0.1) is 0 Å². The van der Waals surface area contributed by atoms with Crippen molar-refractivity contribution in [3.8, 4) is 0 Å². The number of nitrogens with one attached hydrogen (secondary N) is 1. The highest BCUT2D eigenvalue weighted by molar-refractivity contribution is 9.10. The van der Waals surface area contributed by atoms with E-state index in [0.717, 1.165) is 10.0 Å². The van der Waals surface area contributed by atoms with Crippen LogP contribution in [0.2, 0.25) is 5.02 Å². The lowest BCUT2D eigenvalue weighted by Gasteiger charge is -2.23. The highest BCUT2D eigenvalue weighted by Crippen LogP contribution is 2.33. The lowest BCUT2D eigenvalue weighted by molar-refractivity contribution is -0.137. The van der Waals surface area contributed by atoms with Crippen molar-refractivity contribution in [2.45, 2.75) is 38.3 Å². The summed E-state index contributed by atoms with van der Waals surface area (Å²) < 4.78 is 14.8. The Morgan fingerprint density at radius 2 is 2.09 bits per heavy atom. The Labute approximate surface area is 216 Å². The molecule has 0 aliphatic carbocycles. The van der Waals surface area contributed by atoms with Gasteiger partial charge in [0, 0.05) is 45.9 Å². The lowest BCUT2D eigenvalue weighted by atomic mass is 9.93. The molecular weight excluding hydrogens is 537 g/mol. The number of carbonyl (C=O) groups excluding carboxylic acids is 1. The molecule has 2 heterocycles. The molecule has 1 amide bonds. The van der Waals surface area contributed by atoms with E-state index in [1.54, 1.807) is 6.07 Å². The highest BCUT2D eigenvalue weighted by atomic mass is 79.9. The van der Waals surface area contributed by atoms with Crippen LogP contribution in [0.4, 0.5) is 10.2 Å². The van der Waals surface area contributed by atoms with Crippen LogP contribution < -0.4 is 10.2 Å². The number of alkyl halides is 1. The second kappa shape index (κ2) is 10.9. The quantitative estimate of drug-likeness (QED) is 0.358. The van der Waals surface area contributed by atoms with Crippen LogP contribution in [0.15, 0.2) is 46.9 Å². The molecule has 0 radical (unpaired) electrons. The normalized spacial score (nSPS) is 16.5. The molecule has 1 aliphatic heterocycles.